The summed E-state index contributed by atoms with van der Waals surface area (Å²) in [4.78, 5) is 11.4. The molecule has 0 aromatic carbocycles. The summed E-state index contributed by atoms with van der Waals surface area (Å²) in [5.41, 5.74) is -0.328. The molecule has 0 aromatic rings. The molecule has 4 fully saturated rings. The second-order valence-electron chi connectivity index (χ2n) is 5.70. The molecule has 0 aliphatic heterocycles. The molecule has 0 aromatic heterocycles. The van der Waals surface area contributed by atoms with Crippen LogP contribution in [-0.4, -0.2) is 14.5 Å². The van der Waals surface area contributed by atoms with E-state index >= 15 is 0 Å². The molecule has 0 radical (unpaired) electrons. The third kappa shape index (κ3) is 1.17. The van der Waals surface area contributed by atoms with Crippen LogP contribution < -0.4 is 0 Å². The van der Waals surface area contributed by atoms with E-state index in [9.17, 15) is 9.90 Å². The molecule has 2 nitrogen and oxygen atoms in total. The molecule has 4 aliphatic carbocycles. The first kappa shape index (κ1) is 9.43. The Labute approximate surface area is 97.6 Å². The van der Waals surface area contributed by atoms with Crippen LogP contribution in [0.15, 0.2) is 0 Å². The topological polar surface area (TPSA) is 37.3 Å². The number of hydrogen-bond acceptors (Lipinski definition) is 1. The average molecular weight is 306 g/mol. The van der Waals surface area contributed by atoms with E-state index in [2.05, 4.69) is 22.6 Å². The van der Waals surface area contributed by atoms with Crippen molar-refractivity contribution in [3.63, 3.8) is 0 Å². The van der Waals surface area contributed by atoms with Crippen molar-refractivity contribution >= 4 is 28.6 Å². The summed E-state index contributed by atoms with van der Waals surface area (Å²) in [5.74, 6) is 0.904. The van der Waals surface area contributed by atoms with Crippen LogP contribution in [0, 0.1) is 17.3 Å². The Hall–Kier alpha value is 0.200. The SMILES string of the molecule is O=C(O)C12C[C@@H]3C[C@@H](CC(I)(C3)C1)C2. The van der Waals surface area contributed by atoms with Crippen LogP contribution >= 0.6 is 22.6 Å². The lowest BCUT2D eigenvalue weighted by Crippen LogP contribution is -2.55. The van der Waals surface area contributed by atoms with Crippen molar-refractivity contribution in [2.45, 2.75) is 41.9 Å². The summed E-state index contributed by atoms with van der Waals surface area (Å²) in [7, 11) is 0. The van der Waals surface area contributed by atoms with Gasteiger partial charge in [-0.2, -0.15) is 0 Å². The third-order valence-electron chi connectivity index (χ3n) is 4.44. The van der Waals surface area contributed by atoms with Gasteiger partial charge in [-0.15, -0.1) is 0 Å². The van der Waals surface area contributed by atoms with Gasteiger partial charge in [0.15, 0.2) is 0 Å². The second kappa shape index (κ2) is 2.66. The Morgan fingerprint density at radius 3 is 2.21 bits per heavy atom. The predicted molar refractivity (Wildman–Crippen MR) is 61.5 cm³/mol. The molecule has 14 heavy (non-hydrogen) atoms. The van der Waals surface area contributed by atoms with Crippen molar-refractivity contribution in [2.24, 2.45) is 17.3 Å². The van der Waals surface area contributed by atoms with Crippen molar-refractivity contribution in [3.8, 4) is 0 Å². The molecule has 0 spiro atoms. The Kier molecular flexibility index (Phi) is 1.79. The first-order valence-electron chi connectivity index (χ1n) is 5.44. The molecule has 4 rings (SSSR count). The third-order valence-corrected chi connectivity index (χ3v) is 5.71. The summed E-state index contributed by atoms with van der Waals surface area (Å²) < 4.78 is 0.334. The molecule has 0 saturated heterocycles. The van der Waals surface area contributed by atoms with Gasteiger partial charge < -0.3 is 5.11 Å². The zero-order valence-corrected chi connectivity index (χ0v) is 10.3. The maximum absolute atomic E-state index is 11.4. The van der Waals surface area contributed by atoms with Crippen molar-refractivity contribution < 1.29 is 9.90 Å². The monoisotopic (exact) mass is 306 g/mol. The van der Waals surface area contributed by atoms with Gasteiger partial charge in [0.25, 0.3) is 0 Å². The highest BCUT2D eigenvalue weighted by Gasteiger charge is 2.59. The standard InChI is InChI=1S/C11H15IO2/c12-11-4-7-1-8(5-11)3-10(2-7,6-11)9(13)14/h7-8H,1-6H2,(H,13,14)/t7-,8+,10?,11?. The second-order valence-corrected chi connectivity index (χ2v) is 7.99. The number of hydrogen-bond donors (Lipinski definition) is 1. The van der Waals surface area contributed by atoms with Crippen molar-refractivity contribution in [1.82, 2.24) is 0 Å². The van der Waals surface area contributed by atoms with Crippen molar-refractivity contribution in [2.75, 3.05) is 0 Å². The summed E-state index contributed by atoms with van der Waals surface area (Å²) in [5, 5.41) is 9.39. The molecular formula is C11H15IO2. The Morgan fingerprint density at radius 2 is 1.79 bits per heavy atom. The maximum Gasteiger partial charge on any atom is 0.309 e. The number of halogens is 1. The van der Waals surface area contributed by atoms with Crippen molar-refractivity contribution in [3.05, 3.63) is 0 Å². The lowest BCUT2D eigenvalue weighted by molar-refractivity contribution is -0.162. The van der Waals surface area contributed by atoms with Crippen LogP contribution in [0.25, 0.3) is 0 Å². The van der Waals surface area contributed by atoms with Crippen LogP contribution in [0.1, 0.15) is 38.5 Å². The van der Waals surface area contributed by atoms with Crippen LogP contribution in [0.4, 0.5) is 0 Å². The van der Waals surface area contributed by atoms with E-state index in [1.807, 2.05) is 0 Å². The van der Waals surface area contributed by atoms with E-state index in [0.29, 0.717) is 15.3 Å². The van der Waals surface area contributed by atoms with E-state index in [4.69, 9.17) is 0 Å². The summed E-state index contributed by atoms with van der Waals surface area (Å²) in [6, 6.07) is 0. The molecule has 0 heterocycles. The zero-order chi connectivity index (χ0) is 9.97. The molecule has 4 saturated carbocycles. The lowest BCUT2D eigenvalue weighted by Gasteiger charge is -2.58. The Bertz CT molecular complexity index is 286. The van der Waals surface area contributed by atoms with Gasteiger partial charge >= 0.3 is 5.97 Å². The lowest BCUT2D eigenvalue weighted by atomic mass is 9.49. The first-order valence-corrected chi connectivity index (χ1v) is 6.52. The minimum Gasteiger partial charge on any atom is -0.481 e. The summed E-state index contributed by atoms with van der Waals surface area (Å²) in [6.07, 6.45) is 6.72. The van der Waals surface area contributed by atoms with Crippen LogP contribution in [0.3, 0.4) is 0 Å². The van der Waals surface area contributed by atoms with E-state index in [1.54, 1.807) is 0 Å². The van der Waals surface area contributed by atoms with Gasteiger partial charge in [0, 0.05) is 3.42 Å². The Balaban J connectivity index is 2.00. The molecule has 3 heteroatoms. The van der Waals surface area contributed by atoms with Gasteiger partial charge in [-0.25, -0.2) is 0 Å². The summed E-state index contributed by atoms with van der Waals surface area (Å²) in [6.45, 7) is 0. The smallest absolute Gasteiger partial charge is 0.309 e. The maximum atomic E-state index is 11.4. The van der Waals surface area contributed by atoms with Gasteiger partial charge in [-0.1, -0.05) is 22.6 Å². The van der Waals surface area contributed by atoms with E-state index in [0.717, 1.165) is 19.3 Å². The fourth-order valence-electron chi connectivity index (χ4n) is 4.40. The van der Waals surface area contributed by atoms with Crippen LogP contribution in [0.2, 0.25) is 0 Å². The molecule has 4 aliphatic rings. The van der Waals surface area contributed by atoms with Crippen molar-refractivity contribution in [1.29, 1.82) is 0 Å². The number of rotatable bonds is 1. The number of carboxylic acid groups (broad SMARTS) is 1. The molecule has 4 bridgehead atoms. The van der Waals surface area contributed by atoms with E-state index in [1.165, 1.54) is 19.3 Å². The quantitative estimate of drug-likeness (QED) is 0.597. The van der Waals surface area contributed by atoms with E-state index in [-0.39, 0.29) is 5.41 Å². The molecule has 78 valence electrons. The molecular weight excluding hydrogens is 291 g/mol. The van der Waals surface area contributed by atoms with Gasteiger partial charge in [-0.05, 0) is 50.4 Å². The Morgan fingerprint density at radius 1 is 1.21 bits per heavy atom. The van der Waals surface area contributed by atoms with Gasteiger partial charge in [0.2, 0.25) is 0 Å². The molecule has 0 amide bonds. The highest BCUT2D eigenvalue weighted by atomic mass is 127. The largest absolute Gasteiger partial charge is 0.481 e. The van der Waals surface area contributed by atoms with Crippen LogP contribution in [0.5, 0.6) is 0 Å². The van der Waals surface area contributed by atoms with Gasteiger partial charge in [0.1, 0.15) is 0 Å². The fraction of sp³-hybridized carbons (Fsp3) is 0.909. The number of aliphatic carboxylic acids is 1. The number of carbonyl (C=O) groups is 1. The van der Waals surface area contributed by atoms with Gasteiger partial charge in [-0.3, -0.25) is 4.79 Å². The minimum atomic E-state index is -0.521. The zero-order valence-electron chi connectivity index (χ0n) is 8.13. The highest BCUT2D eigenvalue weighted by molar-refractivity contribution is 14.1. The molecule has 4 atom stereocenters. The fourth-order valence-corrected chi connectivity index (χ4v) is 6.38. The first-order chi connectivity index (χ1) is 6.51. The van der Waals surface area contributed by atoms with Gasteiger partial charge in [0.05, 0.1) is 5.41 Å². The number of carboxylic acids is 1. The highest BCUT2D eigenvalue weighted by Crippen LogP contribution is 2.64. The average Bonchev–Trinajstić information content (AvgIpc) is 1.98. The minimum absolute atomic E-state index is 0.328. The molecule has 1 N–H and O–H groups in total. The van der Waals surface area contributed by atoms with E-state index < -0.39 is 5.97 Å². The number of alkyl halides is 1. The summed E-state index contributed by atoms with van der Waals surface area (Å²) >= 11 is 2.55. The normalized spacial score (nSPS) is 54.9. The predicted octanol–water partition coefficient (Wildman–Crippen LogP) is 2.85. The molecule has 2 unspecified atom stereocenters. The van der Waals surface area contributed by atoms with Crippen LogP contribution in [-0.2, 0) is 4.79 Å².